The number of hydrogen-bond donors (Lipinski definition) is 2. The summed E-state index contributed by atoms with van der Waals surface area (Å²) in [6.07, 6.45) is -8.98. The molecule has 0 aliphatic carbocycles. The zero-order valence-electron chi connectivity index (χ0n) is 11.9. The quantitative estimate of drug-likeness (QED) is 0.732. The van der Waals surface area contributed by atoms with Gasteiger partial charge in [0.15, 0.2) is 6.10 Å². The van der Waals surface area contributed by atoms with Crippen LogP contribution in [0.3, 0.4) is 0 Å². The number of aliphatic hydroxyl groups is 1. The standard InChI is InChI=1S/C13H14BrF4NO3/c1-12(2,3)22-11(21)19-9-5-7(14)8(15)4-6(9)10(20)13(16,17)18/h4-5,10,20H,1-3H3,(H,19,21). The molecule has 0 aliphatic heterocycles. The van der Waals surface area contributed by atoms with Crippen molar-refractivity contribution in [1.29, 1.82) is 0 Å². The third-order valence-corrected chi connectivity index (χ3v) is 2.94. The SMILES string of the molecule is CC(C)(C)OC(=O)Nc1cc(Br)c(F)cc1C(O)C(F)(F)F. The second kappa shape index (κ2) is 6.41. The Hall–Kier alpha value is -1.35. The van der Waals surface area contributed by atoms with Crippen LogP contribution >= 0.6 is 15.9 Å². The van der Waals surface area contributed by atoms with E-state index in [9.17, 15) is 27.5 Å². The van der Waals surface area contributed by atoms with E-state index in [4.69, 9.17) is 4.74 Å². The monoisotopic (exact) mass is 387 g/mol. The Morgan fingerprint density at radius 3 is 2.32 bits per heavy atom. The van der Waals surface area contributed by atoms with E-state index in [1.165, 1.54) is 0 Å². The first-order chi connectivity index (χ1) is 9.81. The molecule has 1 rings (SSSR count). The van der Waals surface area contributed by atoms with Crippen LogP contribution in [0, 0.1) is 5.82 Å². The molecule has 0 aromatic heterocycles. The predicted molar refractivity (Wildman–Crippen MR) is 75.0 cm³/mol. The van der Waals surface area contributed by atoms with Gasteiger partial charge < -0.3 is 9.84 Å². The Kier molecular flexibility index (Phi) is 5.45. The van der Waals surface area contributed by atoms with Crippen LogP contribution < -0.4 is 5.32 Å². The molecular formula is C13H14BrF4NO3. The summed E-state index contributed by atoms with van der Waals surface area (Å²) < 4.78 is 56.1. The molecule has 0 heterocycles. The van der Waals surface area contributed by atoms with Crippen LogP contribution in [0.5, 0.6) is 0 Å². The van der Waals surface area contributed by atoms with Crippen LogP contribution in [0.4, 0.5) is 28.0 Å². The summed E-state index contributed by atoms with van der Waals surface area (Å²) in [4.78, 5) is 11.6. The number of anilines is 1. The van der Waals surface area contributed by atoms with Gasteiger partial charge in [0.1, 0.15) is 11.4 Å². The number of alkyl halides is 3. The molecule has 1 atom stereocenters. The maximum absolute atomic E-state index is 13.4. The minimum atomic E-state index is -5.01. The van der Waals surface area contributed by atoms with Crippen molar-refractivity contribution in [2.45, 2.75) is 38.7 Å². The second-order valence-corrected chi connectivity index (χ2v) is 6.28. The number of carbonyl (C=O) groups is 1. The lowest BCUT2D eigenvalue weighted by Gasteiger charge is -2.22. The highest BCUT2D eigenvalue weighted by atomic mass is 79.9. The number of carbonyl (C=O) groups excluding carboxylic acids is 1. The molecule has 1 unspecified atom stereocenters. The van der Waals surface area contributed by atoms with Crippen LogP contribution in [0.15, 0.2) is 16.6 Å². The summed E-state index contributed by atoms with van der Waals surface area (Å²) in [5, 5.41) is 11.4. The summed E-state index contributed by atoms with van der Waals surface area (Å²) in [6, 6.07) is 1.42. The minimum absolute atomic E-state index is 0.170. The van der Waals surface area contributed by atoms with Crippen molar-refractivity contribution < 1.29 is 32.2 Å². The fraction of sp³-hybridized carbons (Fsp3) is 0.462. The number of aliphatic hydroxyl groups excluding tert-OH is 1. The van der Waals surface area contributed by atoms with E-state index >= 15 is 0 Å². The van der Waals surface area contributed by atoms with Gasteiger partial charge in [0, 0.05) is 5.56 Å². The van der Waals surface area contributed by atoms with E-state index in [1.54, 1.807) is 20.8 Å². The molecule has 1 aromatic carbocycles. The van der Waals surface area contributed by atoms with Gasteiger partial charge in [0.05, 0.1) is 10.2 Å². The van der Waals surface area contributed by atoms with Crippen LogP contribution in [0.1, 0.15) is 32.4 Å². The average molecular weight is 388 g/mol. The van der Waals surface area contributed by atoms with Crippen LogP contribution in [-0.4, -0.2) is 23.0 Å². The number of rotatable bonds is 2. The summed E-state index contributed by atoms with van der Waals surface area (Å²) in [5.74, 6) is -1.01. The molecule has 0 saturated heterocycles. The van der Waals surface area contributed by atoms with Gasteiger partial charge in [-0.3, -0.25) is 5.32 Å². The summed E-state index contributed by atoms with van der Waals surface area (Å²) in [7, 11) is 0. The van der Waals surface area contributed by atoms with Gasteiger partial charge in [0.2, 0.25) is 0 Å². The molecule has 124 valence electrons. The van der Waals surface area contributed by atoms with Crippen molar-refractivity contribution in [3.63, 3.8) is 0 Å². The zero-order chi connectivity index (χ0) is 17.3. The summed E-state index contributed by atoms with van der Waals surface area (Å²) in [5.41, 5.74) is -2.10. The first kappa shape index (κ1) is 18.7. The van der Waals surface area contributed by atoms with Gasteiger partial charge in [-0.05, 0) is 48.8 Å². The Morgan fingerprint density at radius 2 is 1.86 bits per heavy atom. The first-order valence-corrected chi connectivity index (χ1v) is 6.84. The molecule has 0 aliphatic rings. The lowest BCUT2D eigenvalue weighted by Crippen LogP contribution is -2.28. The zero-order valence-corrected chi connectivity index (χ0v) is 13.5. The molecule has 4 nitrogen and oxygen atoms in total. The van der Waals surface area contributed by atoms with Gasteiger partial charge in [-0.2, -0.15) is 13.2 Å². The highest BCUT2D eigenvalue weighted by Gasteiger charge is 2.41. The molecule has 0 fully saturated rings. The number of benzene rings is 1. The van der Waals surface area contributed by atoms with Crippen molar-refractivity contribution >= 4 is 27.7 Å². The maximum atomic E-state index is 13.4. The molecule has 1 amide bonds. The fourth-order valence-corrected chi connectivity index (χ4v) is 1.83. The van der Waals surface area contributed by atoms with E-state index in [2.05, 4.69) is 21.2 Å². The molecule has 0 radical (unpaired) electrons. The molecule has 2 N–H and O–H groups in total. The first-order valence-electron chi connectivity index (χ1n) is 6.05. The van der Waals surface area contributed by atoms with Gasteiger partial charge >= 0.3 is 12.3 Å². The predicted octanol–water partition coefficient (Wildman–Crippen LogP) is 4.53. The van der Waals surface area contributed by atoms with Crippen molar-refractivity contribution in [2.24, 2.45) is 0 Å². The Morgan fingerprint density at radius 1 is 1.32 bits per heavy atom. The Balaban J connectivity index is 3.18. The van der Waals surface area contributed by atoms with E-state index in [0.717, 1.165) is 6.07 Å². The third kappa shape index (κ3) is 5.13. The van der Waals surface area contributed by atoms with E-state index in [1.807, 2.05) is 0 Å². The number of hydrogen-bond acceptors (Lipinski definition) is 3. The minimum Gasteiger partial charge on any atom is -0.444 e. The van der Waals surface area contributed by atoms with Crippen LogP contribution in [-0.2, 0) is 4.74 Å². The average Bonchev–Trinajstić information content (AvgIpc) is 2.29. The van der Waals surface area contributed by atoms with Crippen molar-refractivity contribution in [3.05, 3.63) is 28.0 Å². The Bertz CT molecular complexity index is 570. The molecule has 9 heteroatoms. The number of amides is 1. The number of nitrogens with one attached hydrogen (secondary N) is 1. The highest BCUT2D eigenvalue weighted by Crippen LogP contribution is 2.38. The van der Waals surface area contributed by atoms with Gasteiger partial charge in [-0.25, -0.2) is 9.18 Å². The normalized spacial score (nSPS) is 13.7. The molecule has 22 heavy (non-hydrogen) atoms. The highest BCUT2D eigenvalue weighted by molar-refractivity contribution is 9.10. The summed E-state index contributed by atoms with van der Waals surface area (Å²) in [6.45, 7) is 4.70. The van der Waals surface area contributed by atoms with Gasteiger partial charge in [0.25, 0.3) is 0 Å². The second-order valence-electron chi connectivity index (χ2n) is 5.42. The maximum Gasteiger partial charge on any atom is 0.418 e. The lowest BCUT2D eigenvalue weighted by atomic mass is 10.1. The largest absolute Gasteiger partial charge is 0.444 e. The Labute approximate surface area is 132 Å². The molecule has 0 saturated carbocycles. The van der Waals surface area contributed by atoms with Crippen LogP contribution in [0.2, 0.25) is 0 Å². The molecule has 0 bridgehead atoms. The van der Waals surface area contributed by atoms with Gasteiger partial charge in [-0.15, -0.1) is 0 Å². The third-order valence-electron chi connectivity index (χ3n) is 2.33. The van der Waals surface area contributed by atoms with Crippen molar-refractivity contribution in [3.8, 4) is 0 Å². The van der Waals surface area contributed by atoms with E-state index in [-0.39, 0.29) is 4.47 Å². The van der Waals surface area contributed by atoms with Crippen LogP contribution in [0.25, 0.3) is 0 Å². The summed E-state index contributed by atoms with van der Waals surface area (Å²) >= 11 is 2.80. The topological polar surface area (TPSA) is 58.6 Å². The van der Waals surface area contributed by atoms with Gasteiger partial charge in [-0.1, -0.05) is 0 Å². The number of halogens is 5. The fourth-order valence-electron chi connectivity index (χ4n) is 1.49. The van der Waals surface area contributed by atoms with Crippen molar-refractivity contribution in [1.82, 2.24) is 0 Å². The smallest absolute Gasteiger partial charge is 0.418 e. The van der Waals surface area contributed by atoms with E-state index < -0.39 is 41.0 Å². The number of ether oxygens (including phenoxy) is 1. The molecule has 1 aromatic rings. The molecular weight excluding hydrogens is 374 g/mol. The lowest BCUT2D eigenvalue weighted by molar-refractivity contribution is -0.206. The molecule has 0 spiro atoms. The van der Waals surface area contributed by atoms with E-state index in [0.29, 0.717) is 6.07 Å². The van der Waals surface area contributed by atoms with Crippen molar-refractivity contribution in [2.75, 3.05) is 5.32 Å².